The van der Waals surface area contributed by atoms with Gasteiger partial charge in [0.1, 0.15) is 42.2 Å². The fourth-order valence-corrected chi connectivity index (χ4v) is 6.14. The van der Waals surface area contributed by atoms with Crippen LogP contribution in [0.4, 0.5) is 17.6 Å². The van der Waals surface area contributed by atoms with Crippen LogP contribution in [0.25, 0.3) is 0 Å². The summed E-state index contributed by atoms with van der Waals surface area (Å²) in [6, 6.07) is 9.31. The van der Waals surface area contributed by atoms with Gasteiger partial charge in [-0.15, -0.1) is 0 Å². The second-order valence-corrected chi connectivity index (χ2v) is 10.8. The van der Waals surface area contributed by atoms with Crippen LogP contribution in [0.5, 0.6) is 5.75 Å². The maximum absolute atomic E-state index is 16.3. The van der Waals surface area contributed by atoms with Crippen LogP contribution in [0, 0.1) is 17.0 Å². The normalized spacial score (nSPS) is 27.4. The Morgan fingerprint density at radius 1 is 1.05 bits per heavy atom. The highest BCUT2D eigenvalue weighted by atomic mass is 19.3. The van der Waals surface area contributed by atoms with Crippen LogP contribution in [0.2, 0.25) is 0 Å². The van der Waals surface area contributed by atoms with Gasteiger partial charge in [0.2, 0.25) is 0 Å². The van der Waals surface area contributed by atoms with Gasteiger partial charge in [-0.05, 0) is 54.5 Å². The monoisotopic (exact) mass is 519 g/mol. The lowest BCUT2D eigenvalue weighted by molar-refractivity contribution is -0.347. The molecular formula is C26H25F4N3O4. The Morgan fingerprint density at radius 2 is 1.76 bits per heavy atom. The molecule has 0 spiro atoms. The molecule has 0 unspecified atom stereocenters. The van der Waals surface area contributed by atoms with Crippen molar-refractivity contribution >= 4 is 0 Å². The molecule has 7 nitrogen and oxygen atoms in total. The van der Waals surface area contributed by atoms with Crippen LogP contribution in [0.3, 0.4) is 0 Å². The van der Waals surface area contributed by atoms with Crippen molar-refractivity contribution in [3.63, 3.8) is 0 Å². The van der Waals surface area contributed by atoms with Crippen LogP contribution in [0.15, 0.2) is 55.1 Å². The second-order valence-electron chi connectivity index (χ2n) is 10.8. The number of benzene rings is 2. The molecule has 4 aliphatic rings. The summed E-state index contributed by atoms with van der Waals surface area (Å²) in [4.78, 5) is 3.73. The molecule has 3 aliphatic carbocycles. The summed E-state index contributed by atoms with van der Waals surface area (Å²) < 4.78 is 72.5. The van der Waals surface area contributed by atoms with Crippen molar-refractivity contribution < 1.29 is 37.2 Å². The average molecular weight is 519 g/mol. The topological polar surface area (TPSA) is 89.6 Å². The van der Waals surface area contributed by atoms with Crippen molar-refractivity contribution in [2.45, 2.75) is 48.3 Å². The lowest BCUT2D eigenvalue weighted by atomic mass is 9.30. The van der Waals surface area contributed by atoms with E-state index in [4.69, 9.17) is 9.47 Å². The minimum absolute atomic E-state index is 0.0944. The fourth-order valence-electron chi connectivity index (χ4n) is 6.14. The van der Waals surface area contributed by atoms with Crippen molar-refractivity contribution in [3.8, 4) is 5.75 Å². The minimum atomic E-state index is -3.75. The average Bonchev–Trinajstić information content (AvgIpc) is 3.28. The molecule has 2 heterocycles. The lowest BCUT2D eigenvalue weighted by Crippen LogP contribution is -2.76. The number of ether oxygens (including phenoxy) is 2. The molecule has 37 heavy (non-hydrogen) atoms. The number of nitrogens with zero attached hydrogens (tertiary/aromatic N) is 3. The van der Waals surface area contributed by atoms with Crippen molar-refractivity contribution in [1.82, 2.24) is 14.8 Å². The van der Waals surface area contributed by atoms with Gasteiger partial charge < -0.3 is 19.7 Å². The Labute approximate surface area is 209 Å². The SMILES string of the molecule is OC1(COc2ccc(C34CC(C(F)(F)[C@@](O)(Cn5cncn5)c5ccc(F)cc5F)(C3)C4)cc2)COC1. The maximum atomic E-state index is 16.3. The highest BCUT2D eigenvalue weighted by Crippen LogP contribution is 2.80. The molecule has 1 saturated heterocycles. The first kappa shape index (κ1) is 24.3. The van der Waals surface area contributed by atoms with E-state index in [1.807, 2.05) is 12.1 Å². The van der Waals surface area contributed by atoms with Crippen molar-refractivity contribution in [2.75, 3.05) is 19.8 Å². The van der Waals surface area contributed by atoms with Crippen molar-refractivity contribution in [2.24, 2.45) is 5.41 Å². The molecule has 2 N–H and O–H groups in total. The van der Waals surface area contributed by atoms with Crippen LogP contribution in [-0.2, 0) is 22.3 Å². The quantitative estimate of drug-likeness (QED) is 0.422. The predicted molar refractivity (Wildman–Crippen MR) is 121 cm³/mol. The lowest BCUT2D eigenvalue weighted by Gasteiger charge is -2.74. The highest BCUT2D eigenvalue weighted by Gasteiger charge is 2.82. The Bertz CT molecular complexity index is 1290. The summed E-state index contributed by atoms with van der Waals surface area (Å²) in [5.41, 5.74) is -5.81. The predicted octanol–water partition coefficient (Wildman–Crippen LogP) is 3.34. The van der Waals surface area contributed by atoms with Gasteiger partial charge in [-0.2, -0.15) is 5.10 Å². The fraction of sp³-hybridized carbons (Fsp3) is 0.462. The number of hydrogen-bond donors (Lipinski definition) is 2. The third kappa shape index (κ3) is 3.58. The van der Waals surface area contributed by atoms with E-state index in [1.54, 1.807) is 12.1 Å². The summed E-state index contributed by atoms with van der Waals surface area (Å²) in [7, 11) is 0. The Hall–Kier alpha value is -3.02. The van der Waals surface area contributed by atoms with Gasteiger partial charge in [0.25, 0.3) is 5.92 Å². The molecule has 0 radical (unpaired) electrons. The van der Waals surface area contributed by atoms with Crippen LogP contribution >= 0.6 is 0 Å². The zero-order valence-corrected chi connectivity index (χ0v) is 19.7. The molecule has 4 fully saturated rings. The number of halogens is 4. The van der Waals surface area contributed by atoms with E-state index in [9.17, 15) is 19.0 Å². The van der Waals surface area contributed by atoms with Gasteiger partial charge in [-0.1, -0.05) is 12.1 Å². The minimum Gasteiger partial charge on any atom is -0.490 e. The molecule has 2 aromatic carbocycles. The molecule has 2 bridgehead atoms. The highest BCUT2D eigenvalue weighted by molar-refractivity contribution is 5.44. The molecule has 1 aromatic heterocycles. The molecule has 0 amide bonds. The molecule has 196 valence electrons. The first-order valence-electron chi connectivity index (χ1n) is 11.9. The Kier molecular flexibility index (Phi) is 5.25. The van der Waals surface area contributed by atoms with Crippen LogP contribution in [-0.4, -0.2) is 56.3 Å². The summed E-state index contributed by atoms with van der Waals surface area (Å²) in [6.45, 7) is -0.219. The van der Waals surface area contributed by atoms with Gasteiger partial charge in [0.05, 0.1) is 19.8 Å². The van der Waals surface area contributed by atoms with E-state index >= 15 is 8.78 Å². The van der Waals surface area contributed by atoms with Crippen molar-refractivity contribution in [1.29, 1.82) is 0 Å². The van der Waals surface area contributed by atoms with Crippen LogP contribution in [0.1, 0.15) is 30.4 Å². The van der Waals surface area contributed by atoms with Gasteiger partial charge >= 0.3 is 0 Å². The first-order valence-corrected chi connectivity index (χ1v) is 11.9. The number of alkyl halides is 2. The van der Waals surface area contributed by atoms with Crippen molar-refractivity contribution in [3.05, 3.63) is 77.9 Å². The maximum Gasteiger partial charge on any atom is 0.287 e. The summed E-state index contributed by atoms with van der Waals surface area (Å²) >= 11 is 0. The zero-order valence-electron chi connectivity index (χ0n) is 19.7. The number of aromatic nitrogens is 3. The van der Waals surface area contributed by atoms with Gasteiger partial charge in [0, 0.05) is 17.0 Å². The summed E-state index contributed by atoms with van der Waals surface area (Å²) in [5.74, 6) is -5.39. The molecule has 1 aliphatic heterocycles. The summed E-state index contributed by atoms with van der Waals surface area (Å²) in [6.07, 6.45) is 2.60. The summed E-state index contributed by atoms with van der Waals surface area (Å²) in [5, 5.41) is 25.4. The molecule has 11 heteroatoms. The largest absolute Gasteiger partial charge is 0.490 e. The second kappa shape index (κ2) is 7.99. The standard InChI is InChI=1S/C26H25F4N3O4/c27-18-3-6-20(21(28)7-18)25(35,11-33-16-31-15-32-33)26(29,30)23-8-22(9-23,10-23)17-1-4-19(5-2-17)37-14-24(34)12-36-13-24/h1-7,15-16,34-35H,8-14H2/t22?,23?,25-/m1/s1. The smallest absolute Gasteiger partial charge is 0.287 e. The van der Waals surface area contributed by atoms with E-state index in [-0.39, 0.29) is 39.1 Å². The van der Waals surface area contributed by atoms with Gasteiger partial charge in [-0.3, -0.25) is 0 Å². The Balaban J connectivity index is 1.22. The molecule has 1 atom stereocenters. The Morgan fingerprint density at radius 3 is 2.32 bits per heavy atom. The third-order valence-electron chi connectivity index (χ3n) is 8.17. The molecule has 3 aromatic rings. The van der Waals surface area contributed by atoms with E-state index in [0.717, 1.165) is 35.0 Å². The number of aliphatic hydroxyl groups is 2. The third-order valence-corrected chi connectivity index (χ3v) is 8.17. The van der Waals surface area contributed by atoms with Gasteiger partial charge in [-0.25, -0.2) is 27.2 Å². The number of rotatable bonds is 9. The molecule has 3 saturated carbocycles. The van der Waals surface area contributed by atoms with E-state index in [2.05, 4.69) is 10.1 Å². The number of hydrogen-bond acceptors (Lipinski definition) is 6. The van der Waals surface area contributed by atoms with Crippen LogP contribution < -0.4 is 4.74 Å². The molecular weight excluding hydrogens is 494 g/mol. The van der Waals surface area contributed by atoms with E-state index in [0.29, 0.717) is 11.8 Å². The zero-order chi connectivity index (χ0) is 26.1. The van der Waals surface area contributed by atoms with E-state index < -0.39 is 51.7 Å². The van der Waals surface area contributed by atoms with Gasteiger partial charge in [0.15, 0.2) is 5.60 Å². The van der Waals surface area contributed by atoms with E-state index in [1.165, 1.54) is 0 Å². The molecule has 7 rings (SSSR count). The first-order chi connectivity index (χ1) is 17.5.